The topological polar surface area (TPSA) is 47.6 Å². The van der Waals surface area contributed by atoms with E-state index in [1.54, 1.807) is 0 Å². The first kappa shape index (κ1) is 9.64. The van der Waals surface area contributed by atoms with Gasteiger partial charge in [0.15, 0.2) is 0 Å². The molecule has 5 heavy (non-hydrogen) atoms. The standard InChI is InChI=1S/C2H6N2.Sr/c3-1-2-4;/h3-4H,1-2H2;/q-2;+2. The second kappa shape index (κ2) is 9.04. The largest absolute Gasteiger partial charge is 2.00 e. The monoisotopic (exact) mass is 146 g/mol. The second-order valence-corrected chi connectivity index (χ2v) is 0.500. The van der Waals surface area contributed by atoms with Crippen molar-refractivity contribution in [3.05, 3.63) is 11.5 Å². The zero-order valence-corrected chi connectivity index (χ0v) is 6.60. The summed E-state index contributed by atoms with van der Waals surface area (Å²) in [6, 6.07) is 0. The molecular weight excluding hydrogens is 140 g/mol. The van der Waals surface area contributed by atoms with Gasteiger partial charge < -0.3 is 11.5 Å². The molecule has 0 saturated heterocycles. The molecule has 0 fully saturated rings. The van der Waals surface area contributed by atoms with Crippen LogP contribution in [-0.4, -0.2) is 58.6 Å². The maximum Gasteiger partial charge on any atom is 2.00 e. The van der Waals surface area contributed by atoms with Gasteiger partial charge in [-0.2, -0.15) is 13.1 Å². The molecule has 0 spiro atoms. The van der Waals surface area contributed by atoms with Gasteiger partial charge in [-0.05, 0) is 0 Å². The Labute approximate surface area is 69.2 Å². The van der Waals surface area contributed by atoms with Crippen molar-refractivity contribution in [2.75, 3.05) is 13.1 Å². The molecule has 26 valence electrons. The Hall–Kier alpha value is 1.40. The van der Waals surface area contributed by atoms with E-state index in [1.807, 2.05) is 0 Å². The molecule has 0 aromatic rings. The van der Waals surface area contributed by atoms with Gasteiger partial charge in [-0.3, -0.25) is 0 Å². The minimum absolute atomic E-state index is 0. The Morgan fingerprint density at radius 3 is 1.20 bits per heavy atom. The number of hydrogen-bond donors (Lipinski definition) is 0. The van der Waals surface area contributed by atoms with Gasteiger partial charge in [-0.1, -0.05) is 0 Å². The molecule has 0 amide bonds. The Bertz CT molecular complexity index is 9.61. The van der Waals surface area contributed by atoms with Crippen LogP contribution < -0.4 is 0 Å². The maximum absolute atomic E-state index is 6.26. The van der Waals surface area contributed by atoms with E-state index in [0.29, 0.717) is 0 Å². The van der Waals surface area contributed by atoms with Crippen LogP contribution in [0, 0.1) is 0 Å². The van der Waals surface area contributed by atoms with Crippen molar-refractivity contribution in [2.24, 2.45) is 0 Å². The normalized spacial score (nSPS) is 6.00. The Kier molecular flexibility index (Phi) is 17.4. The van der Waals surface area contributed by atoms with Crippen LogP contribution >= 0.6 is 0 Å². The molecule has 0 bridgehead atoms. The van der Waals surface area contributed by atoms with E-state index in [1.165, 1.54) is 0 Å². The van der Waals surface area contributed by atoms with Crippen molar-refractivity contribution in [1.29, 1.82) is 0 Å². The van der Waals surface area contributed by atoms with Gasteiger partial charge >= 0.3 is 45.5 Å². The van der Waals surface area contributed by atoms with Crippen LogP contribution in [0.2, 0.25) is 0 Å². The van der Waals surface area contributed by atoms with Crippen molar-refractivity contribution in [3.63, 3.8) is 0 Å². The number of rotatable bonds is 1. The van der Waals surface area contributed by atoms with Crippen molar-refractivity contribution in [2.45, 2.75) is 0 Å². The third-order valence-corrected chi connectivity index (χ3v) is 0.125. The van der Waals surface area contributed by atoms with Crippen LogP contribution in [0.1, 0.15) is 0 Å². The zero-order valence-electron chi connectivity index (χ0n) is 3.12. The SMILES string of the molecule is [NH-]CC[NH-].[Sr+2]. The molecule has 0 heterocycles. The van der Waals surface area contributed by atoms with E-state index in [2.05, 4.69) is 0 Å². The minimum Gasteiger partial charge on any atom is -0.679 e. The predicted octanol–water partition coefficient (Wildman–Crippen LogP) is 0.710. The molecule has 3 heteroatoms. The summed E-state index contributed by atoms with van der Waals surface area (Å²) < 4.78 is 0. The first-order valence-corrected chi connectivity index (χ1v) is 1.21. The van der Waals surface area contributed by atoms with E-state index >= 15 is 0 Å². The van der Waals surface area contributed by atoms with Gasteiger partial charge in [0.05, 0.1) is 0 Å². The van der Waals surface area contributed by atoms with Gasteiger partial charge in [-0.25, -0.2) is 0 Å². The summed E-state index contributed by atoms with van der Waals surface area (Å²) in [5.74, 6) is 0. The summed E-state index contributed by atoms with van der Waals surface area (Å²) in [5, 5.41) is 0. The van der Waals surface area contributed by atoms with Crippen molar-refractivity contribution in [3.8, 4) is 0 Å². The maximum atomic E-state index is 6.26. The summed E-state index contributed by atoms with van der Waals surface area (Å²) in [6.45, 7) is 0.472. The fourth-order valence-electron chi connectivity index (χ4n) is 0. The van der Waals surface area contributed by atoms with Crippen LogP contribution in [0.25, 0.3) is 11.5 Å². The van der Waals surface area contributed by atoms with Gasteiger partial charge in [0.1, 0.15) is 0 Å². The van der Waals surface area contributed by atoms with Crippen LogP contribution in [0.3, 0.4) is 0 Å². The van der Waals surface area contributed by atoms with E-state index < -0.39 is 0 Å². The van der Waals surface area contributed by atoms with Crippen molar-refractivity contribution < 1.29 is 0 Å². The van der Waals surface area contributed by atoms with Crippen molar-refractivity contribution in [1.82, 2.24) is 0 Å². The zero-order chi connectivity index (χ0) is 3.41. The van der Waals surface area contributed by atoms with Crippen LogP contribution in [0.4, 0.5) is 0 Å². The first-order valence-electron chi connectivity index (χ1n) is 1.21. The summed E-state index contributed by atoms with van der Waals surface area (Å²) in [5.41, 5.74) is 12.5. The Morgan fingerprint density at radius 2 is 1.20 bits per heavy atom. The molecule has 0 atom stereocenters. The smallest absolute Gasteiger partial charge is 0.679 e. The quantitative estimate of drug-likeness (QED) is 0.488. The fourth-order valence-corrected chi connectivity index (χ4v) is 0. The molecule has 2 nitrogen and oxygen atoms in total. The second-order valence-electron chi connectivity index (χ2n) is 0.500. The Morgan fingerprint density at radius 1 is 1.00 bits per heavy atom. The van der Waals surface area contributed by atoms with E-state index in [-0.39, 0.29) is 58.6 Å². The Balaban J connectivity index is 0. The number of hydrogen-bond acceptors (Lipinski definition) is 0. The average molecular weight is 146 g/mol. The van der Waals surface area contributed by atoms with Gasteiger partial charge in [0.2, 0.25) is 0 Å². The first-order chi connectivity index (χ1) is 1.91. The molecule has 0 unspecified atom stereocenters. The molecular formula is C2H6N2Sr. The molecule has 0 rings (SSSR count). The molecule has 0 aromatic carbocycles. The predicted molar refractivity (Wildman–Crippen MR) is 24.1 cm³/mol. The van der Waals surface area contributed by atoms with E-state index in [4.69, 9.17) is 11.5 Å². The van der Waals surface area contributed by atoms with Crippen LogP contribution in [0.15, 0.2) is 0 Å². The molecule has 0 aliphatic rings. The third-order valence-electron chi connectivity index (χ3n) is 0.125. The molecule has 0 aromatic heterocycles. The summed E-state index contributed by atoms with van der Waals surface area (Å²) in [7, 11) is 0. The molecule has 0 saturated carbocycles. The van der Waals surface area contributed by atoms with Gasteiger partial charge in [0, 0.05) is 0 Å². The van der Waals surface area contributed by atoms with Crippen molar-refractivity contribution >= 4 is 45.5 Å². The third kappa shape index (κ3) is 10.8. The van der Waals surface area contributed by atoms with Gasteiger partial charge in [-0.15, -0.1) is 0 Å². The fraction of sp³-hybridized carbons (Fsp3) is 1.00. The summed E-state index contributed by atoms with van der Waals surface area (Å²) >= 11 is 0. The molecule has 0 aliphatic carbocycles. The average Bonchev–Trinajstić information content (AvgIpc) is 1.37. The number of nitrogens with one attached hydrogen (secondary N) is 2. The summed E-state index contributed by atoms with van der Waals surface area (Å²) in [6.07, 6.45) is 0. The summed E-state index contributed by atoms with van der Waals surface area (Å²) in [4.78, 5) is 0. The molecule has 2 N–H and O–H groups in total. The van der Waals surface area contributed by atoms with E-state index in [9.17, 15) is 0 Å². The molecule has 0 radical (unpaired) electrons. The van der Waals surface area contributed by atoms with E-state index in [0.717, 1.165) is 0 Å². The van der Waals surface area contributed by atoms with Gasteiger partial charge in [0.25, 0.3) is 0 Å². The van der Waals surface area contributed by atoms with Crippen LogP contribution in [0.5, 0.6) is 0 Å². The van der Waals surface area contributed by atoms with Crippen LogP contribution in [-0.2, 0) is 0 Å². The molecule has 0 aliphatic heterocycles. The minimum atomic E-state index is 0.